The summed E-state index contributed by atoms with van der Waals surface area (Å²) in [5.74, 6) is 2.07. The molecule has 0 saturated heterocycles. The van der Waals surface area contributed by atoms with E-state index in [1.54, 1.807) is 14.2 Å². The van der Waals surface area contributed by atoms with Gasteiger partial charge in [0.2, 0.25) is 0 Å². The Morgan fingerprint density at radius 2 is 1.94 bits per heavy atom. The van der Waals surface area contributed by atoms with E-state index < -0.39 is 0 Å². The maximum Gasteiger partial charge on any atom is 0.156 e. The lowest BCUT2D eigenvalue weighted by Crippen LogP contribution is -2.04. The molecule has 0 aromatic heterocycles. The highest BCUT2D eigenvalue weighted by atomic mass is 16.5. The van der Waals surface area contributed by atoms with Gasteiger partial charge in [0.1, 0.15) is 0 Å². The molecule has 0 bridgehead atoms. The zero-order valence-electron chi connectivity index (χ0n) is 10.6. The van der Waals surface area contributed by atoms with Crippen LogP contribution < -0.4 is 0 Å². The van der Waals surface area contributed by atoms with E-state index in [1.165, 1.54) is 0 Å². The Balaban J connectivity index is 2.97. The molecule has 0 aromatic rings. The normalized spacial score (nSPS) is 29.2. The molecule has 0 spiro atoms. The van der Waals surface area contributed by atoms with E-state index in [-0.39, 0.29) is 0 Å². The number of aliphatic imine (C=N–C) groups is 1. The largest absolute Gasteiger partial charge is 0.493 e. The molecule has 0 fully saturated rings. The molecule has 0 aliphatic carbocycles. The van der Waals surface area contributed by atoms with E-state index in [4.69, 9.17) is 9.47 Å². The van der Waals surface area contributed by atoms with E-state index in [0.717, 1.165) is 36.6 Å². The second-order valence-electron chi connectivity index (χ2n) is 4.09. The zero-order valence-corrected chi connectivity index (χ0v) is 10.6. The molecule has 1 aliphatic heterocycles. The van der Waals surface area contributed by atoms with Crippen molar-refractivity contribution >= 4 is 5.71 Å². The van der Waals surface area contributed by atoms with E-state index in [1.807, 2.05) is 13.0 Å². The lowest BCUT2D eigenvalue weighted by Gasteiger charge is -2.14. The summed E-state index contributed by atoms with van der Waals surface area (Å²) in [7, 11) is 3.35. The van der Waals surface area contributed by atoms with Gasteiger partial charge in [0.05, 0.1) is 14.2 Å². The van der Waals surface area contributed by atoms with Gasteiger partial charge in [-0.25, -0.2) is 0 Å². The fourth-order valence-corrected chi connectivity index (χ4v) is 1.64. The quantitative estimate of drug-likeness (QED) is 0.720. The van der Waals surface area contributed by atoms with Crippen LogP contribution in [0.25, 0.3) is 0 Å². The van der Waals surface area contributed by atoms with Gasteiger partial charge in [-0.1, -0.05) is 6.92 Å². The number of ether oxygens (including phenoxy) is 2. The first-order valence-corrected chi connectivity index (χ1v) is 5.67. The van der Waals surface area contributed by atoms with Gasteiger partial charge in [-0.05, 0) is 31.4 Å². The van der Waals surface area contributed by atoms with Crippen LogP contribution in [0.1, 0.15) is 26.7 Å². The fourth-order valence-electron chi connectivity index (χ4n) is 1.64. The lowest BCUT2D eigenvalue weighted by atomic mass is 10.1. The maximum absolute atomic E-state index is 5.36. The second kappa shape index (κ2) is 6.36. The smallest absolute Gasteiger partial charge is 0.156 e. The summed E-state index contributed by atoms with van der Waals surface area (Å²) in [5.41, 5.74) is 1.14. The molecule has 1 unspecified atom stereocenters. The molecular weight excluding hydrogens is 202 g/mol. The fraction of sp³-hybridized carbons (Fsp3) is 0.615. The first kappa shape index (κ1) is 12.8. The van der Waals surface area contributed by atoms with Crippen LogP contribution in [-0.4, -0.2) is 26.5 Å². The third kappa shape index (κ3) is 3.72. The average Bonchev–Trinajstić information content (AvgIpc) is 2.27. The monoisotopic (exact) mass is 223 g/mol. The summed E-state index contributed by atoms with van der Waals surface area (Å²) in [6, 6.07) is 0. The predicted molar refractivity (Wildman–Crippen MR) is 66.6 cm³/mol. The summed E-state index contributed by atoms with van der Waals surface area (Å²) in [4.78, 5) is 4.50. The van der Waals surface area contributed by atoms with Gasteiger partial charge >= 0.3 is 0 Å². The Labute approximate surface area is 97.9 Å². The van der Waals surface area contributed by atoms with Gasteiger partial charge in [-0.15, -0.1) is 0 Å². The standard InChI is InChI=1S/C13H21NO2/c1-10-7-8-14-11(2)5-6-12(15-3)13(9-10)16-4/h6,9-10H,5,7-8H2,1-4H3/b12-6+,13-9+,14-11?. The number of allylic oxidation sites excluding steroid dienone is 2. The molecule has 0 N–H and O–H groups in total. The number of methoxy groups -OCH3 is 2. The Hall–Kier alpha value is -1.25. The van der Waals surface area contributed by atoms with Crippen LogP contribution in [0.15, 0.2) is 28.7 Å². The minimum atomic E-state index is 0.447. The van der Waals surface area contributed by atoms with Crippen molar-refractivity contribution in [1.29, 1.82) is 0 Å². The highest BCUT2D eigenvalue weighted by molar-refractivity contribution is 5.83. The molecule has 1 heterocycles. The molecule has 0 saturated carbocycles. The molecule has 3 heteroatoms. The van der Waals surface area contributed by atoms with Crippen molar-refractivity contribution in [2.45, 2.75) is 26.7 Å². The molecule has 1 aliphatic rings. The van der Waals surface area contributed by atoms with Crippen molar-refractivity contribution < 1.29 is 9.47 Å². The van der Waals surface area contributed by atoms with Crippen LogP contribution in [0.3, 0.4) is 0 Å². The van der Waals surface area contributed by atoms with E-state index in [9.17, 15) is 0 Å². The van der Waals surface area contributed by atoms with Gasteiger partial charge < -0.3 is 9.47 Å². The van der Waals surface area contributed by atoms with Crippen LogP contribution in [0.5, 0.6) is 0 Å². The lowest BCUT2D eigenvalue weighted by molar-refractivity contribution is 0.217. The average molecular weight is 223 g/mol. The molecule has 16 heavy (non-hydrogen) atoms. The third-order valence-electron chi connectivity index (χ3n) is 2.67. The van der Waals surface area contributed by atoms with E-state index in [0.29, 0.717) is 5.92 Å². The SMILES string of the molecule is COC1=C/CC(C)=NCCC(C)/C=C\1OC. The third-order valence-corrected chi connectivity index (χ3v) is 2.67. The predicted octanol–water partition coefficient (Wildman–Crippen LogP) is 2.94. The molecule has 90 valence electrons. The number of hydrogen-bond donors (Lipinski definition) is 0. The van der Waals surface area contributed by atoms with E-state index >= 15 is 0 Å². The van der Waals surface area contributed by atoms with E-state index in [2.05, 4.69) is 18.0 Å². The van der Waals surface area contributed by atoms with Crippen LogP contribution >= 0.6 is 0 Å². The molecule has 1 atom stereocenters. The van der Waals surface area contributed by atoms with Crippen molar-refractivity contribution in [2.75, 3.05) is 20.8 Å². The molecular formula is C13H21NO2. The van der Waals surface area contributed by atoms with Crippen LogP contribution in [0.4, 0.5) is 0 Å². The molecule has 0 amide bonds. The van der Waals surface area contributed by atoms with Gasteiger partial charge in [-0.2, -0.15) is 0 Å². The highest BCUT2D eigenvalue weighted by Crippen LogP contribution is 2.18. The number of nitrogens with zero attached hydrogens (tertiary/aromatic N) is 1. The molecule has 3 nitrogen and oxygen atoms in total. The number of hydrogen-bond acceptors (Lipinski definition) is 3. The van der Waals surface area contributed by atoms with Crippen molar-refractivity contribution in [3.05, 3.63) is 23.7 Å². The van der Waals surface area contributed by atoms with Crippen molar-refractivity contribution in [3.8, 4) is 0 Å². The first-order valence-electron chi connectivity index (χ1n) is 5.67. The van der Waals surface area contributed by atoms with Crippen molar-refractivity contribution in [3.63, 3.8) is 0 Å². The minimum Gasteiger partial charge on any atom is -0.493 e. The van der Waals surface area contributed by atoms with Gasteiger partial charge in [0.15, 0.2) is 11.5 Å². The summed E-state index contributed by atoms with van der Waals surface area (Å²) < 4.78 is 10.7. The van der Waals surface area contributed by atoms with Gasteiger partial charge in [0, 0.05) is 18.7 Å². The van der Waals surface area contributed by atoms with Gasteiger partial charge in [0.25, 0.3) is 0 Å². The molecule has 1 rings (SSSR count). The van der Waals surface area contributed by atoms with Crippen LogP contribution in [-0.2, 0) is 9.47 Å². The maximum atomic E-state index is 5.36. The van der Waals surface area contributed by atoms with Gasteiger partial charge in [-0.3, -0.25) is 4.99 Å². The molecule has 0 radical (unpaired) electrons. The zero-order chi connectivity index (χ0) is 12.0. The second-order valence-corrected chi connectivity index (χ2v) is 4.09. The summed E-state index contributed by atoms with van der Waals surface area (Å²) in [6.07, 6.45) is 5.98. The minimum absolute atomic E-state index is 0.447. The van der Waals surface area contributed by atoms with Crippen molar-refractivity contribution in [1.82, 2.24) is 0 Å². The van der Waals surface area contributed by atoms with Crippen LogP contribution in [0, 0.1) is 5.92 Å². The summed E-state index contributed by atoms with van der Waals surface area (Å²) >= 11 is 0. The topological polar surface area (TPSA) is 30.8 Å². The highest BCUT2D eigenvalue weighted by Gasteiger charge is 2.09. The number of rotatable bonds is 2. The Kier molecular flexibility index (Phi) is 5.09. The molecule has 0 aromatic carbocycles. The first-order chi connectivity index (χ1) is 7.67. The van der Waals surface area contributed by atoms with Crippen molar-refractivity contribution in [2.24, 2.45) is 10.9 Å². The Morgan fingerprint density at radius 1 is 1.25 bits per heavy atom. The van der Waals surface area contributed by atoms with Crippen LogP contribution in [0.2, 0.25) is 0 Å². The Morgan fingerprint density at radius 3 is 2.56 bits per heavy atom. The summed E-state index contributed by atoms with van der Waals surface area (Å²) in [6.45, 7) is 5.10. The Bertz CT molecular complexity index is 316. The summed E-state index contributed by atoms with van der Waals surface area (Å²) in [5, 5.41) is 0.